The number of aliphatic carboxylic acids is 1. The minimum Gasteiger partial charge on any atom is -0.480 e. The van der Waals surface area contributed by atoms with E-state index in [-0.39, 0.29) is 44.3 Å². The second-order valence-corrected chi connectivity index (χ2v) is 9.59. The van der Waals surface area contributed by atoms with E-state index in [4.69, 9.17) is 22.3 Å². The summed E-state index contributed by atoms with van der Waals surface area (Å²) in [6, 6.07) is 13.3. The van der Waals surface area contributed by atoms with Crippen LogP contribution in [-0.2, 0) is 40.9 Å². The number of carboxylic acids is 1. The summed E-state index contributed by atoms with van der Waals surface area (Å²) in [5, 5.41) is 15.0. The van der Waals surface area contributed by atoms with E-state index in [0.717, 1.165) is 27.6 Å². The first-order valence-electron chi connectivity index (χ1n) is 13.0. The molecule has 0 aliphatic carbocycles. The zero-order chi connectivity index (χ0) is 29.9. The Morgan fingerprint density at radius 1 is 1.00 bits per heavy atom. The van der Waals surface area contributed by atoms with Crippen LogP contribution >= 0.6 is 0 Å². The van der Waals surface area contributed by atoms with Crippen LogP contribution in [0.15, 0.2) is 59.7 Å². The first kappa shape index (κ1) is 30.5. The molecule has 0 saturated heterocycles. The number of aliphatic imine (C=N–C) groups is 1. The number of aryl methyl sites for hydroxylation is 1. The lowest BCUT2D eigenvalue weighted by Crippen LogP contribution is -2.50. The maximum absolute atomic E-state index is 13.9. The summed E-state index contributed by atoms with van der Waals surface area (Å²) in [6.45, 7) is -0.0287. The van der Waals surface area contributed by atoms with Crippen molar-refractivity contribution in [2.24, 2.45) is 29.2 Å². The van der Waals surface area contributed by atoms with Crippen LogP contribution in [0.3, 0.4) is 0 Å². The lowest BCUT2D eigenvalue weighted by Gasteiger charge is -2.31. The Bertz CT molecular complexity index is 1410. The third kappa shape index (κ3) is 8.98. The Labute approximate surface area is 237 Å². The zero-order valence-corrected chi connectivity index (χ0v) is 22.9. The minimum atomic E-state index is -1.20. The number of nitrogens with zero attached hydrogens (tertiary/aromatic N) is 3. The Hall–Kier alpha value is -5.07. The van der Waals surface area contributed by atoms with Gasteiger partial charge >= 0.3 is 12.0 Å². The van der Waals surface area contributed by atoms with Crippen molar-refractivity contribution in [1.29, 1.82) is 0 Å². The van der Waals surface area contributed by atoms with Crippen LogP contribution in [0.1, 0.15) is 29.5 Å². The number of carbonyl (C=O) groups excluding carboxylic acids is 3. The van der Waals surface area contributed by atoms with Crippen molar-refractivity contribution < 1.29 is 24.3 Å². The molecule has 1 aromatic heterocycles. The Balaban J connectivity index is 1.93. The van der Waals surface area contributed by atoms with Gasteiger partial charge in [0.2, 0.25) is 11.8 Å². The van der Waals surface area contributed by atoms with Crippen molar-refractivity contribution in [3.05, 3.63) is 71.4 Å². The third-order valence-electron chi connectivity index (χ3n) is 6.51. The predicted molar refractivity (Wildman–Crippen MR) is 154 cm³/mol. The Morgan fingerprint density at radius 2 is 1.68 bits per heavy atom. The molecule has 0 radical (unpaired) electrons. The van der Waals surface area contributed by atoms with Gasteiger partial charge in [-0.25, -0.2) is 4.79 Å². The molecule has 3 aromatic rings. The summed E-state index contributed by atoms with van der Waals surface area (Å²) in [4.78, 5) is 54.8. The van der Waals surface area contributed by atoms with Crippen molar-refractivity contribution >= 4 is 40.7 Å². The lowest BCUT2D eigenvalue weighted by atomic mass is 10.0. The highest BCUT2D eigenvalue weighted by atomic mass is 16.4. The maximum Gasteiger partial charge on any atom is 0.322 e. The average molecular weight is 565 g/mol. The number of urea groups is 1. The molecule has 0 fully saturated rings. The molecule has 0 saturated carbocycles. The van der Waals surface area contributed by atoms with E-state index in [1.54, 1.807) is 24.3 Å². The SMILES string of the molecule is Cn1cc(CC(=O)N(Cc2ccc(CNC(N)=O)cc2)[C@H](CCCN=C(N)N)C(=O)NCC(=O)O)c2ccccc21. The number of aromatic nitrogens is 1. The molecule has 0 bridgehead atoms. The number of amides is 4. The number of hydrogen-bond acceptors (Lipinski definition) is 5. The van der Waals surface area contributed by atoms with Gasteiger partial charge in [0.05, 0.1) is 6.42 Å². The van der Waals surface area contributed by atoms with Crippen LogP contribution in [0.2, 0.25) is 0 Å². The van der Waals surface area contributed by atoms with Crippen molar-refractivity contribution in [1.82, 2.24) is 20.1 Å². The fraction of sp³-hybridized carbons (Fsp3) is 0.321. The molecular weight excluding hydrogens is 528 g/mol. The number of nitrogens with two attached hydrogens (primary N) is 3. The molecule has 13 heteroatoms. The van der Waals surface area contributed by atoms with Crippen LogP contribution in [0.4, 0.5) is 4.79 Å². The first-order chi connectivity index (χ1) is 19.5. The molecule has 218 valence electrons. The molecule has 13 nitrogen and oxygen atoms in total. The number of benzene rings is 2. The fourth-order valence-corrected chi connectivity index (χ4v) is 4.55. The van der Waals surface area contributed by atoms with E-state index in [1.807, 2.05) is 42.1 Å². The molecule has 0 spiro atoms. The summed E-state index contributed by atoms with van der Waals surface area (Å²) in [5.74, 6) is -2.19. The number of carboxylic acid groups (broad SMARTS) is 1. The summed E-state index contributed by atoms with van der Waals surface area (Å²) < 4.78 is 1.94. The monoisotopic (exact) mass is 564 g/mol. The third-order valence-corrected chi connectivity index (χ3v) is 6.51. The van der Waals surface area contributed by atoms with E-state index in [1.165, 1.54) is 4.90 Å². The minimum absolute atomic E-state index is 0.0264. The molecule has 3 rings (SSSR count). The number of hydrogen-bond donors (Lipinski definition) is 6. The normalized spacial score (nSPS) is 11.4. The summed E-state index contributed by atoms with van der Waals surface area (Å²) in [6.07, 6.45) is 2.49. The molecule has 41 heavy (non-hydrogen) atoms. The number of para-hydroxylation sites is 1. The maximum atomic E-state index is 13.9. The van der Waals surface area contributed by atoms with Gasteiger partial charge in [-0.3, -0.25) is 19.4 Å². The van der Waals surface area contributed by atoms with Crippen molar-refractivity contribution in [3.8, 4) is 0 Å². The van der Waals surface area contributed by atoms with Crippen molar-refractivity contribution in [2.75, 3.05) is 13.1 Å². The number of primary amides is 1. The van der Waals surface area contributed by atoms with Gasteiger partial charge in [-0.15, -0.1) is 0 Å². The predicted octanol–water partition coefficient (Wildman–Crippen LogP) is 0.541. The quantitative estimate of drug-likeness (QED) is 0.0928. The molecule has 4 amide bonds. The van der Waals surface area contributed by atoms with Crippen LogP contribution < -0.4 is 27.8 Å². The number of guanidine groups is 1. The van der Waals surface area contributed by atoms with Gasteiger partial charge in [-0.2, -0.15) is 0 Å². The molecular formula is C28H36N8O5. The van der Waals surface area contributed by atoms with Crippen LogP contribution in [0.25, 0.3) is 10.9 Å². The topological polar surface area (TPSA) is 211 Å². The highest BCUT2D eigenvalue weighted by molar-refractivity contribution is 5.93. The summed E-state index contributed by atoms with van der Waals surface area (Å²) in [7, 11) is 1.90. The van der Waals surface area contributed by atoms with Gasteiger partial charge in [0.15, 0.2) is 5.96 Å². The van der Waals surface area contributed by atoms with Crippen LogP contribution in [0, 0.1) is 0 Å². The Morgan fingerprint density at radius 3 is 2.34 bits per heavy atom. The van der Waals surface area contributed by atoms with Crippen LogP contribution in [-0.4, -0.2) is 63.5 Å². The van der Waals surface area contributed by atoms with Crippen molar-refractivity contribution in [2.45, 2.75) is 38.4 Å². The Kier molecular flexibility index (Phi) is 10.7. The van der Waals surface area contributed by atoms with E-state index in [9.17, 15) is 19.2 Å². The van der Waals surface area contributed by atoms with E-state index >= 15 is 0 Å². The number of fused-ring (bicyclic) bond motifs is 1. The summed E-state index contributed by atoms with van der Waals surface area (Å²) in [5.41, 5.74) is 19.3. The van der Waals surface area contributed by atoms with Crippen LogP contribution in [0.5, 0.6) is 0 Å². The van der Waals surface area contributed by atoms with E-state index < -0.39 is 30.5 Å². The second kappa shape index (κ2) is 14.4. The van der Waals surface area contributed by atoms with E-state index in [2.05, 4.69) is 15.6 Å². The van der Waals surface area contributed by atoms with Crippen molar-refractivity contribution in [3.63, 3.8) is 0 Å². The molecule has 2 aromatic carbocycles. The molecule has 9 N–H and O–H groups in total. The molecule has 1 heterocycles. The van der Waals surface area contributed by atoms with Gasteiger partial charge in [-0.05, 0) is 35.6 Å². The second-order valence-electron chi connectivity index (χ2n) is 9.59. The average Bonchev–Trinajstić information content (AvgIpc) is 3.25. The largest absolute Gasteiger partial charge is 0.480 e. The summed E-state index contributed by atoms with van der Waals surface area (Å²) >= 11 is 0. The standard InChI is InChI=1S/C28H36N8O5/c1-35-17-20(21-5-2-3-6-22(21)35)13-24(37)36(16-19-10-8-18(9-11-19)14-34-28(31)41)23(7-4-12-32-27(29)30)26(40)33-15-25(38)39/h2-3,5-6,8-11,17,23H,4,7,12-16H2,1H3,(H,33,40)(H,38,39)(H4,29,30,32)(H3,31,34,41)/t23-/m1/s1. The molecule has 0 unspecified atom stereocenters. The van der Waals surface area contributed by atoms with Gasteiger partial charge < -0.3 is 42.4 Å². The van der Waals surface area contributed by atoms with Gasteiger partial charge in [0.25, 0.3) is 0 Å². The lowest BCUT2D eigenvalue weighted by molar-refractivity contribution is -0.142. The van der Waals surface area contributed by atoms with E-state index in [0.29, 0.717) is 6.42 Å². The number of carbonyl (C=O) groups is 4. The van der Waals surface area contributed by atoms with Gasteiger partial charge in [-0.1, -0.05) is 42.5 Å². The highest BCUT2D eigenvalue weighted by Crippen LogP contribution is 2.23. The smallest absolute Gasteiger partial charge is 0.322 e. The van der Waals surface area contributed by atoms with Gasteiger partial charge in [0.1, 0.15) is 12.6 Å². The highest BCUT2D eigenvalue weighted by Gasteiger charge is 2.30. The fourth-order valence-electron chi connectivity index (χ4n) is 4.55. The molecule has 0 aliphatic rings. The number of rotatable bonds is 14. The number of nitrogens with one attached hydrogen (secondary N) is 2. The van der Waals surface area contributed by atoms with Gasteiger partial charge in [0, 0.05) is 43.8 Å². The molecule has 0 aliphatic heterocycles. The first-order valence-corrected chi connectivity index (χ1v) is 13.0. The molecule has 1 atom stereocenters. The zero-order valence-electron chi connectivity index (χ0n) is 22.9.